The summed E-state index contributed by atoms with van der Waals surface area (Å²) in [6, 6.07) is 0.389. The second-order valence-electron chi connectivity index (χ2n) is 5.22. The lowest BCUT2D eigenvalue weighted by Gasteiger charge is -2.22. The molecule has 1 aliphatic heterocycles. The molecule has 0 bridgehead atoms. The van der Waals surface area contributed by atoms with Crippen molar-refractivity contribution in [1.29, 1.82) is 0 Å². The third-order valence-electron chi connectivity index (χ3n) is 3.78. The van der Waals surface area contributed by atoms with E-state index in [1.165, 1.54) is 37.9 Å². The van der Waals surface area contributed by atoms with Crippen LogP contribution in [0.1, 0.15) is 38.5 Å². The van der Waals surface area contributed by atoms with Crippen molar-refractivity contribution in [3.63, 3.8) is 0 Å². The van der Waals surface area contributed by atoms with Crippen molar-refractivity contribution in [1.82, 2.24) is 10.6 Å². The molecule has 1 heterocycles. The van der Waals surface area contributed by atoms with Crippen molar-refractivity contribution < 1.29 is 4.79 Å². The third kappa shape index (κ3) is 4.88. The summed E-state index contributed by atoms with van der Waals surface area (Å²) in [5, 5.41) is 6.47. The van der Waals surface area contributed by atoms with Crippen LogP contribution in [0, 0.1) is 5.92 Å². The smallest absolute Gasteiger partial charge is 0.221 e. The Balaban J connectivity index is 1.53. The Hall–Kier alpha value is -0.220. The van der Waals surface area contributed by atoms with Gasteiger partial charge in [0.05, 0.1) is 0 Å². The normalized spacial score (nSPS) is 26.0. The van der Waals surface area contributed by atoms with Crippen molar-refractivity contribution in [3.8, 4) is 0 Å². The highest BCUT2D eigenvalue weighted by Crippen LogP contribution is 2.26. The molecular weight excluding hydrogens is 232 g/mol. The van der Waals surface area contributed by atoms with Crippen LogP contribution in [0.5, 0.6) is 0 Å². The van der Waals surface area contributed by atoms with Crippen LogP contribution < -0.4 is 10.6 Å². The van der Waals surface area contributed by atoms with Gasteiger partial charge in [-0.3, -0.25) is 4.79 Å². The molecule has 0 radical (unpaired) electrons. The molecule has 98 valence electrons. The maximum Gasteiger partial charge on any atom is 0.221 e. The molecule has 0 spiro atoms. The van der Waals surface area contributed by atoms with E-state index in [9.17, 15) is 4.79 Å². The number of thioether (sulfide) groups is 1. The molecule has 2 aliphatic rings. The predicted octanol–water partition coefficient (Wildman–Crippen LogP) is 1.78. The molecule has 2 fully saturated rings. The number of rotatable bonds is 5. The van der Waals surface area contributed by atoms with E-state index in [0.29, 0.717) is 12.5 Å². The number of carbonyl (C=O) groups excluding carboxylic acids is 1. The van der Waals surface area contributed by atoms with Crippen LogP contribution in [0.25, 0.3) is 0 Å². The SMILES string of the molecule is O=C(CC1CSCCN1)NCCC1CCCC1. The first-order valence-electron chi connectivity index (χ1n) is 6.92. The van der Waals surface area contributed by atoms with Crippen LogP contribution in [-0.2, 0) is 4.79 Å². The minimum Gasteiger partial charge on any atom is -0.356 e. The zero-order chi connectivity index (χ0) is 11.9. The maximum absolute atomic E-state index is 11.7. The molecule has 0 aromatic rings. The van der Waals surface area contributed by atoms with Gasteiger partial charge < -0.3 is 10.6 Å². The van der Waals surface area contributed by atoms with Crippen molar-refractivity contribution in [2.45, 2.75) is 44.6 Å². The van der Waals surface area contributed by atoms with E-state index in [0.717, 1.165) is 24.8 Å². The average Bonchev–Trinajstić information content (AvgIpc) is 2.83. The predicted molar refractivity (Wildman–Crippen MR) is 73.3 cm³/mol. The fourth-order valence-corrected chi connectivity index (χ4v) is 3.71. The Morgan fingerprint density at radius 1 is 1.35 bits per heavy atom. The summed E-state index contributed by atoms with van der Waals surface area (Å²) in [4.78, 5) is 11.7. The number of carbonyl (C=O) groups is 1. The van der Waals surface area contributed by atoms with Gasteiger partial charge in [-0.1, -0.05) is 25.7 Å². The van der Waals surface area contributed by atoms with E-state index < -0.39 is 0 Å². The van der Waals surface area contributed by atoms with E-state index in [1.807, 2.05) is 11.8 Å². The number of nitrogens with one attached hydrogen (secondary N) is 2. The van der Waals surface area contributed by atoms with Crippen LogP contribution in [0.2, 0.25) is 0 Å². The van der Waals surface area contributed by atoms with Crippen molar-refractivity contribution in [3.05, 3.63) is 0 Å². The van der Waals surface area contributed by atoms with Crippen LogP contribution >= 0.6 is 11.8 Å². The van der Waals surface area contributed by atoms with Gasteiger partial charge in [0.15, 0.2) is 0 Å². The van der Waals surface area contributed by atoms with Gasteiger partial charge in [0.1, 0.15) is 0 Å². The van der Waals surface area contributed by atoms with E-state index in [4.69, 9.17) is 0 Å². The van der Waals surface area contributed by atoms with Crippen LogP contribution in [0.4, 0.5) is 0 Å². The molecule has 1 saturated heterocycles. The largest absolute Gasteiger partial charge is 0.356 e. The molecule has 2 rings (SSSR count). The molecule has 1 unspecified atom stereocenters. The minimum absolute atomic E-state index is 0.225. The Kier molecular flexibility index (Phi) is 5.65. The third-order valence-corrected chi connectivity index (χ3v) is 4.91. The van der Waals surface area contributed by atoms with Crippen molar-refractivity contribution in [2.24, 2.45) is 5.92 Å². The minimum atomic E-state index is 0.225. The molecule has 1 aliphatic carbocycles. The number of hydrogen-bond acceptors (Lipinski definition) is 3. The van der Waals surface area contributed by atoms with Crippen LogP contribution in [0.15, 0.2) is 0 Å². The molecule has 17 heavy (non-hydrogen) atoms. The number of hydrogen-bond donors (Lipinski definition) is 2. The molecule has 0 aromatic carbocycles. The first kappa shape index (κ1) is 13.2. The lowest BCUT2D eigenvalue weighted by molar-refractivity contribution is -0.121. The molecule has 1 saturated carbocycles. The quantitative estimate of drug-likeness (QED) is 0.788. The fraction of sp³-hybridized carbons (Fsp3) is 0.923. The monoisotopic (exact) mass is 256 g/mol. The van der Waals surface area contributed by atoms with E-state index in [-0.39, 0.29) is 5.91 Å². The van der Waals surface area contributed by atoms with Gasteiger partial charge in [0.25, 0.3) is 0 Å². The van der Waals surface area contributed by atoms with Crippen molar-refractivity contribution in [2.75, 3.05) is 24.6 Å². The summed E-state index contributed by atoms with van der Waals surface area (Å²) < 4.78 is 0. The average molecular weight is 256 g/mol. The van der Waals surface area contributed by atoms with Gasteiger partial charge in [-0.15, -0.1) is 0 Å². The lowest BCUT2D eigenvalue weighted by atomic mass is 10.0. The topological polar surface area (TPSA) is 41.1 Å². The Labute approximate surface area is 108 Å². The van der Waals surface area contributed by atoms with Gasteiger partial charge in [-0.05, 0) is 12.3 Å². The van der Waals surface area contributed by atoms with Gasteiger partial charge in [0.2, 0.25) is 5.91 Å². The fourth-order valence-electron chi connectivity index (χ4n) is 2.76. The van der Waals surface area contributed by atoms with E-state index in [1.54, 1.807) is 0 Å². The molecule has 2 N–H and O–H groups in total. The highest BCUT2D eigenvalue weighted by Gasteiger charge is 2.17. The molecule has 0 aromatic heterocycles. The standard InChI is InChI=1S/C13H24N2OS/c16-13(9-12-10-17-8-7-14-12)15-6-5-11-3-1-2-4-11/h11-12,14H,1-10H2,(H,15,16). The summed E-state index contributed by atoms with van der Waals surface area (Å²) in [5.74, 6) is 3.36. The van der Waals surface area contributed by atoms with Gasteiger partial charge in [0, 0.05) is 37.1 Å². The van der Waals surface area contributed by atoms with E-state index in [2.05, 4.69) is 10.6 Å². The van der Waals surface area contributed by atoms with Crippen molar-refractivity contribution >= 4 is 17.7 Å². The molecular formula is C13H24N2OS. The molecule has 3 nitrogen and oxygen atoms in total. The Morgan fingerprint density at radius 2 is 2.18 bits per heavy atom. The molecule has 4 heteroatoms. The second-order valence-corrected chi connectivity index (χ2v) is 6.37. The Bertz CT molecular complexity index is 236. The van der Waals surface area contributed by atoms with Crippen LogP contribution in [-0.4, -0.2) is 36.5 Å². The maximum atomic E-state index is 11.7. The Morgan fingerprint density at radius 3 is 2.88 bits per heavy atom. The first-order chi connectivity index (χ1) is 8.34. The molecule has 1 atom stereocenters. The summed E-state index contributed by atoms with van der Waals surface area (Å²) in [6.45, 7) is 1.92. The zero-order valence-corrected chi connectivity index (χ0v) is 11.4. The van der Waals surface area contributed by atoms with E-state index >= 15 is 0 Å². The summed E-state index contributed by atoms with van der Waals surface area (Å²) in [7, 11) is 0. The van der Waals surface area contributed by atoms with Gasteiger partial charge in [-0.2, -0.15) is 11.8 Å². The number of amides is 1. The zero-order valence-electron chi connectivity index (χ0n) is 10.5. The van der Waals surface area contributed by atoms with Gasteiger partial charge in [-0.25, -0.2) is 0 Å². The van der Waals surface area contributed by atoms with Crippen LogP contribution in [0.3, 0.4) is 0 Å². The summed E-state index contributed by atoms with van der Waals surface area (Å²) in [6.07, 6.45) is 7.35. The summed E-state index contributed by atoms with van der Waals surface area (Å²) in [5.41, 5.74) is 0. The first-order valence-corrected chi connectivity index (χ1v) is 8.08. The second kappa shape index (κ2) is 7.27. The highest BCUT2D eigenvalue weighted by molar-refractivity contribution is 7.99. The highest BCUT2D eigenvalue weighted by atomic mass is 32.2. The summed E-state index contributed by atoms with van der Waals surface area (Å²) >= 11 is 1.95. The molecule has 1 amide bonds. The van der Waals surface area contributed by atoms with Gasteiger partial charge >= 0.3 is 0 Å². The lowest BCUT2D eigenvalue weighted by Crippen LogP contribution is -2.41.